The van der Waals surface area contributed by atoms with E-state index in [1.54, 1.807) is 19.1 Å². The number of carbonyl (C=O) groups excluding carboxylic acids is 1. The number of anilines is 1. The Morgan fingerprint density at radius 2 is 1.81 bits per heavy atom. The molecule has 0 aliphatic heterocycles. The fourth-order valence-corrected chi connectivity index (χ4v) is 3.16. The molecule has 1 heterocycles. The van der Waals surface area contributed by atoms with Gasteiger partial charge in [-0.1, -0.05) is 42.5 Å². The molecule has 0 bridgehead atoms. The van der Waals surface area contributed by atoms with Crippen LogP contribution in [0.15, 0.2) is 77.2 Å². The zero-order valence-electron chi connectivity index (χ0n) is 16.6. The number of benzene rings is 3. The molecule has 3 aromatic carbocycles. The molecule has 0 spiro atoms. The van der Waals surface area contributed by atoms with Gasteiger partial charge in [0.25, 0.3) is 5.91 Å². The highest BCUT2D eigenvalue weighted by molar-refractivity contribution is 6.03. The molecule has 0 radical (unpaired) electrons. The number of fused-ring (bicyclic) bond motifs is 1. The molecule has 1 N–H and O–H groups in total. The number of furan rings is 1. The van der Waals surface area contributed by atoms with Gasteiger partial charge in [0.1, 0.15) is 23.9 Å². The highest BCUT2D eigenvalue weighted by Gasteiger charge is 2.16. The summed E-state index contributed by atoms with van der Waals surface area (Å²) in [5.41, 5.74) is 0.848. The number of halogens is 2. The van der Waals surface area contributed by atoms with Crippen LogP contribution in [0.2, 0.25) is 0 Å². The predicted octanol–water partition coefficient (Wildman–Crippen LogP) is 6.17. The lowest BCUT2D eigenvalue weighted by atomic mass is 10.1. The standard InChI is InChI=1S/C24H19F2NO4/c1-15-9-11-19(22(13-15)31-24(25)26)27-23(28)21-12-10-17(30-21)14-29-20-8-4-6-16-5-2-3-7-18(16)20/h2-13,24H,14H2,1H3,(H,27,28). The first kappa shape index (κ1) is 20.4. The summed E-state index contributed by atoms with van der Waals surface area (Å²) in [5, 5.41) is 4.57. The van der Waals surface area contributed by atoms with Crippen molar-refractivity contribution < 1.29 is 27.5 Å². The van der Waals surface area contributed by atoms with Crippen molar-refractivity contribution in [2.24, 2.45) is 0 Å². The van der Waals surface area contributed by atoms with E-state index in [4.69, 9.17) is 9.15 Å². The van der Waals surface area contributed by atoms with Crippen LogP contribution in [0.4, 0.5) is 14.5 Å². The summed E-state index contributed by atoms with van der Waals surface area (Å²) in [7, 11) is 0. The summed E-state index contributed by atoms with van der Waals surface area (Å²) in [4.78, 5) is 12.5. The summed E-state index contributed by atoms with van der Waals surface area (Å²) in [6, 6.07) is 21.3. The minimum Gasteiger partial charge on any atom is -0.485 e. The van der Waals surface area contributed by atoms with Crippen molar-refractivity contribution >= 4 is 22.4 Å². The molecule has 158 valence electrons. The Kier molecular flexibility index (Phi) is 5.84. The Bertz CT molecular complexity index is 1210. The number of amides is 1. The summed E-state index contributed by atoms with van der Waals surface area (Å²) < 4.78 is 41.2. The van der Waals surface area contributed by atoms with Crippen LogP contribution in [0.1, 0.15) is 21.9 Å². The summed E-state index contributed by atoms with van der Waals surface area (Å²) in [5.74, 6) is 0.480. The Morgan fingerprint density at radius 3 is 2.65 bits per heavy atom. The SMILES string of the molecule is Cc1ccc(NC(=O)c2ccc(COc3cccc4ccccc34)o2)c(OC(F)F)c1. The van der Waals surface area contributed by atoms with Crippen molar-refractivity contribution in [2.45, 2.75) is 20.1 Å². The van der Waals surface area contributed by atoms with Gasteiger partial charge in [0, 0.05) is 5.39 Å². The van der Waals surface area contributed by atoms with Crippen LogP contribution < -0.4 is 14.8 Å². The van der Waals surface area contributed by atoms with Gasteiger partial charge >= 0.3 is 6.61 Å². The van der Waals surface area contributed by atoms with Gasteiger partial charge in [0.15, 0.2) is 5.76 Å². The van der Waals surface area contributed by atoms with Gasteiger partial charge in [0.05, 0.1) is 5.69 Å². The van der Waals surface area contributed by atoms with E-state index in [1.165, 1.54) is 18.2 Å². The Labute approximate surface area is 177 Å². The van der Waals surface area contributed by atoms with Crippen LogP contribution in [-0.2, 0) is 6.61 Å². The number of ether oxygens (including phenoxy) is 2. The lowest BCUT2D eigenvalue weighted by molar-refractivity contribution is -0.0494. The average Bonchev–Trinajstić information content (AvgIpc) is 3.23. The van der Waals surface area contributed by atoms with Gasteiger partial charge in [0.2, 0.25) is 0 Å². The molecule has 0 saturated carbocycles. The second kappa shape index (κ2) is 8.87. The van der Waals surface area contributed by atoms with Gasteiger partial charge in [-0.3, -0.25) is 4.79 Å². The topological polar surface area (TPSA) is 60.7 Å². The van der Waals surface area contributed by atoms with Gasteiger partial charge in [-0.15, -0.1) is 0 Å². The molecule has 31 heavy (non-hydrogen) atoms. The third-order valence-corrected chi connectivity index (χ3v) is 4.61. The van der Waals surface area contributed by atoms with E-state index in [-0.39, 0.29) is 23.8 Å². The van der Waals surface area contributed by atoms with Crippen molar-refractivity contribution in [1.29, 1.82) is 0 Å². The Morgan fingerprint density at radius 1 is 1.00 bits per heavy atom. The maximum atomic E-state index is 12.7. The number of hydrogen-bond acceptors (Lipinski definition) is 4. The molecule has 7 heteroatoms. The van der Waals surface area contributed by atoms with Crippen LogP contribution in [0, 0.1) is 6.92 Å². The zero-order chi connectivity index (χ0) is 21.8. The third-order valence-electron chi connectivity index (χ3n) is 4.61. The Hall–Kier alpha value is -3.87. The molecular formula is C24H19F2NO4. The molecule has 1 amide bonds. The monoisotopic (exact) mass is 423 g/mol. The van der Waals surface area contributed by atoms with Crippen LogP contribution in [0.5, 0.6) is 11.5 Å². The highest BCUT2D eigenvalue weighted by atomic mass is 19.3. The largest absolute Gasteiger partial charge is 0.485 e. The van der Waals surface area contributed by atoms with Gasteiger partial charge in [-0.2, -0.15) is 8.78 Å². The average molecular weight is 423 g/mol. The molecule has 0 saturated heterocycles. The molecule has 0 unspecified atom stereocenters. The molecule has 4 rings (SSSR count). The first-order valence-corrected chi connectivity index (χ1v) is 9.56. The maximum Gasteiger partial charge on any atom is 0.387 e. The van der Waals surface area contributed by atoms with Crippen LogP contribution in [-0.4, -0.2) is 12.5 Å². The van der Waals surface area contributed by atoms with Crippen molar-refractivity contribution in [3.05, 3.63) is 89.9 Å². The lowest BCUT2D eigenvalue weighted by Crippen LogP contribution is -2.13. The molecular weight excluding hydrogens is 404 g/mol. The molecule has 5 nitrogen and oxygen atoms in total. The van der Waals surface area contributed by atoms with Gasteiger partial charge in [-0.05, 0) is 48.2 Å². The van der Waals surface area contributed by atoms with Crippen LogP contribution in [0.3, 0.4) is 0 Å². The van der Waals surface area contributed by atoms with E-state index >= 15 is 0 Å². The zero-order valence-corrected chi connectivity index (χ0v) is 16.6. The lowest BCUT2D eigenvalue weighted by Gasteiger charge is -2.12. The minimum absolute atomic E-state index is 0.0279. The molecule has 0 atom stereocenters. The van der Waals surface area contributed by atoms with Gasteiger partial charge < -0.3 is 19.2 Å². The van der Waals surface area contributed by atoms with Crippen molar-refractivity contribution in [3.63, 3.8) is 0 Å². The maximum absolute atomic E-state index is 12.7. The van der Waals surface area contributed by atoms with E-state index < -0.39 is 12.5 Å². The molecule has 0 fully saturated rings. The minimum atomic E-state index is -3.00. The number of nitrogens with one attached hydrogen (secondary N) is 1. The summed E-state index contributed by atoms with van der Waals surface area (Å²) in [6.07, 6.45) is 0. The second-order valence-corrected chi connectivity index (χ2v) is 6.86. The van der Waals surface area contributed by atoms with Crippen LogP contribution >= 0.6 is 0 Å². The van der Waals surface area contributed by atoms with Crippen molar-refractivity contribution in [2.75, 3.05) is 5.32 Å². The van der Waals surface area contributed by atoms with E-state index in [1.807, 2.05) is 42.5 Å². The first-order chi connectivity index (χ1) is 15.0. The second-order valence-electron chi connectivity index (χ2n) is 6.86. The number of alkyl halides is 2. The molecule has 1 aromatic heterocycles. The smallest absolute Gasteiger partial charge is 0.387 e. The quantitative estimate of drug-likeness (QED) is 0.386. The molecule has 0 aliphatic carbocycles. The number of aryl methyl sites for hydroxylation is 1. The number of rotatable bonds is 7. The fourth-order valence-electron chi connectivity index (χ4n) is 3.16. The van der Waals surface area contributed by atoms with E-state index in [9.17, 15) is 13.6 Å². The first-order valence-electron chi connectivity index (χ1n) is 9.56. The highest BCUT2D eigenvalue weighted by Crippen LogP contribution is 2.29. The van der Waals surface area contributed by atoms with Crippen LogP contribution in [0.25, 0.3) is 10.8 Å². The molecule has 4 aromatic rings. The summed E-state index contributed by atoms with van der Waals surface area (Å²) in [6.45, 7) is -1.14. The van der Waals surface area contributed by atoms with E-state index in [0.717, 1.165) is 16.3 Å². The summed E-state index contributed by atoms with van der Waals surface area (Å²) >= 11 is 0. The number of carbonyl (C=O) groups is 1. The van der Waals surface area contributed by atoms with E-state index in [0.29, 0.717) is 11.5 Å². The third kappa shape index (κ3) is 4.83. The number of hydrogen-bond donors (Lipinski definition) is 1. The predicted molar refractivity (Wildman–Crippen MR) is 113 cm³/mol. The van der Waals surface area contributed by atoms with Crippen molar-refractivity contribution in [3.8, 4) is 11.5 Å². The molecule has 0 aliphatic rings. The Balaban J connectivity index is 1.45. The fraction of sp³-hybridized carbons (Fsp3) is 0.125. The van der Waals surface area contributed by atoms with Crippen molar-refractivity contribution in [1.82, 2.24) is 0 Å². The van der Waals surface area contributed by atoms with E-state index in [2.05, 4.69) is 10.1 Å². The normalized spacial score (nSPS) is 11.0. The van der Waals surface area contributed by atoms with Gasteiger partial charge in [-0.25, -0.2) is 0 Å².